The highest BCUT2D eigenvalue weighted by atomic mass is 16.4. The zero-order valence-corrected chi connectivity index (χ0v) is 25.8. The summed E-state index contributed by atoms with van der Waals surface area (Å²) in [6.07, 6.45) is 30.9. The van der Waals surface area contributed by atoms with Gasteiger partial charge in [0, 0.05) is 5.97 Å². The lowest BCUT2D eigenvalue weighted by atomic mass is 9.96. The molecule has 4 heteroatoms. The molecule has 1 unspecified atom stereocenters. The Morgan fingerprint density at radius 3 is 1.38 bits per heavy atom. The Kier molecular flexibility index (Phi) is 24.0. The van der Waals surface area contributed by atoms with Gasteiger partial charge in [-0.2, -0.15) is 0 Å². The Morgan fingerprint density at radius 2 is 0.973 bits per heavy atom. The van der Waals surface area contributed by atoms with Gasteiger partial charge in [-0.05, 0) is 39.0 Å². The van der Waals surface area contributed by atoms with Crippen LogP contribution in [0.5, 0.6) is 0 Å². The third-order valence-electron chi connectivity index (χ3n) is 7.98. The van der Waals surface area contributed by atoms with Crippen LogP contribution in [0.3, 0.4) is 0 Å². The van der Waals surface area contributed by atoms with Crippen LogP contribution in [0.25, 0.3) is 0 Å². The van der Waals surface area contributed by atoms with Crippen molar-refractivity contribution in [3.05, 3.63) is 0 Å². The fraction of sp³-hybridized carbons (Fsp3) is 0.970. The lowest BCUT2D eigenvalue weighted by molar-refractivity contribution is -0.896. The van der Waals surface area contributed by atoms with Gasteiger partial charge >= 0.3 is 0 Å². The van der Waals surface area contributed by atoms with Crippen molar-refractivity contribution in [2.45, 2.75) is 180 Å². The fourth-order valence-electron chi connectivity index (χ4n) is 5.83. The van der Waals surface area contributed by atoms with Crippen LogP contribution in [0.15, 0.2) is 0 Å². The van der Waals surface area contributed by atoms with Crippen molar-refractivity contribution >= 4 is 5.97 Å². The normalized spacial score (nSPS) is 13.6. The monoisotopic (exact) mass is 526 g/mol. The fourth-order valence-corrected chi connectivity index (χ4v) is 5.83. The molecule has 222 valence electrons. The molecule has 0 aromatic rings. The lowest BCUT2D eigenvalue weighted by Crippen LogP contribution is -2.50. The molecule has 1 atom stereocenters. The number of carbonyl (C=O) groups excluding carboxylic acids is 1. The van der Waals surface area contributed by atoms with Gasteiger partial charge in [-0.3, -0.25) is 0 Å². The number of hydrogen-bond donors (Lipinski definition) is 1. The summed E-state index contributed by atoms with van der Waals surface area (Å²) in [5, 5.41) is 21.4. The minimum absolute atomic E-state index is 0.209. The standard InChI is InChI=1S/C33H67NO3/c1-5-6-7-8-9-10-11-12-13-14-17-20-23-26-29-33(2,37)31-34(3,4)30-27-24-21-18-15-16-19-22-25-28-32(35)36/h37H,5-31H2,1-4H3. The summed E-state index contributed by atoms with van der Waals surface area (Å²) in [6.45, 7) is 6.31. The van der Waals surface area contributed by atoms with Gasteiger partial charge < -0.3 is 19.5 Å². The third kappa shape index (κ3) is 28.2. The highest BCUT2D eigenvalue weighted by molar-refractivity contribution is 5.64. The van der Waals surface area contributed by atoms with Gasteiger partial charge in [-0.15, -0.1) is 0 Å². The first-order valence-electron chi connectivity index (χ1n) is 16.4. The van der Waals surface area contributed by atoms with Crippen molar-refractivity contribution in [1.29, 1.82) is 0 Å². The molecule has 0 saturated heterocycles. The van der Waals surface area contributed by atoms with E-state index in [2.05, 4.69) is 21.0 Å². The van der Waals surface area contributed by atoms with Crippen LogP contribution in [-0.4, -0.2) is 48.3 Å². The summed E-state index contributed by atoms with van der Waals surface area (Å²) in [6, 6.07) is 0. The predicted octanol–water partition coefficient (Wildman–Crippen LogP) is 8.34. The number of unbranched alkanes of at least 4 members (excludes halogenated alkanes) is 21. The average molecular weight is 526 g/mol. The van der Waals surface area contributed by atoms with Gasteiger partial charge in [0.25, 0.3) is 0 Å². The Hall–Kier alpha value is -0.610. The number of quaternary nitrogens is 1. The molecule has 0 aromatic heterocycles. The van der Waals surface area contributed by atoms with Gasteiger partial charge in [0.15, 0.2) is 0 Å². The highest BCUT2D eigenvalue weighted by Crippen LogP contribution is 2.21. The Labute approximate surface area is 232 Å². The van der Waals surface area contributed by atoms with Gasteiger partial charge in [0.05, 0.1) is 20.6 Å². The van der Waals surface area contributed by atoms with Crippen molar-refractivity contribution in [3.8, 4) is 0 Å². The second-order valence-corrected chi connectivity index (χ2v) is 13.0. The van der Waals surface area contributed by atoms with Crippen molar-refractivity contribution in [3.63, 3.8) is 0 Å². The molecule has 0 aromatic carbocycles. The minimum atomic E-state index is -0.919. The quantitative estimate of drug-likeness (QED) is 0.0788. The van der Waals surface area contributed by atoms with Crippen LogP contribution >= 0.6 is 0 Å². The molecule has 0 aliphatic rings. The molecule has 0 aliphatic carbocycles. The average Bonchev–Trinajstić information content (AvgIpc) is 2.81. The summed E-state index contributed by atoms with van der Waals surface area (Å²) >= 11 is 0. The third-order valence-corrected chi connectivity index (χ3v) is 7.98. The van der Waals surface area contributed by atoms with E-state index in [9.17, 15) is 15.0 Å². The first-order valence-corrected chi connectivity index (χ1v) is 16.4. The summed E-state index contributed by atoms with van der Waals surface area (Å²) in [5.74, 6) is -0.919. The number of likely N-dealkylation sites (N-methyl/N-ethyl adjacent to an activating group) is 1. The number of carbonyl (C=O) groups is 1. The van der Waals surface area contributed by atoms with Crippen LogP contribution in [0.2, 0.25) is 0 Å². The molecule has 0 spiro atoms. The molecule has 4 nitrogen and oxygen atoms in total. The zero-order valence-electron chi connectivity index (χ0n) is 25.8. The molecule has 0 aliphatic heterocycles. The lowest BCUT2D eigenvalue weighted by Gasteiger charge is -2.36. The molecule has 0 rings (SSSR count). The number of aliphatic hydroxyl groups is 1. The van der Waals surface area contributed by atoms with Gasteiger partial charge in [-0.1, -0.05) is 135 Å². The molecule has 0 fully saturated rings. The van der Waals surface area contributed by atoms with E-state index in [0.717, 1.165) is 49.7 Å². The van der Waals surface area contributed by atoms with Crippen molar-refractivity contribution in [2.24, 2.45) is 0 Å². The van der Waals surface area contributed by atoms with Gasteiger partial charge in [0.1, 0.15) is 12.1 Å². The van der Waals surface area contributed by atoms with Gasteiger partial charge in [0.2, 0.25) is 0 Å². The van der Waals surface area contributed by atoms with E-state index in [0.29, 0.717) is 0 Å². The van der Waals surface area contributed by atoms with E-state index in [1.54, 1.807) is 0 Å². The number of carboxylic acids is 1. The Bertz CT molecular complexity index is 504. The maximum Gasteiger partial charge on any atom is 0.111 e. The van der Waals surface area contributed by atoms with Crippen LogP contribution in [-0.2, 0) is 4.79 Å². The number of aliphatic carboxylic acids is 1. The Morgan fingerprint density at radius 1 is 0.622 bits per heavy atom. The molecule has 0 bridgehead atoms. The summed E-state index contributed by atoms with van der Waals surface area (Å²) in [7, 11) is 4.54. The van der Waals surface area contributed by atoms with E-state index in [1.165, 1.54) is 122 Å². The minimum Gasteiger partial charge on any atom is -0.550 e. The molecule has 0 saturated carbocycles. The van der Waals surface area contributed by atoms with E-state index in [-0.39, 0.29) is 6.42 Å². The maximum absolute atomic E-state index is 11.0. The van der Waals surface area contributed by atoms with Crippen LogP contribution in [0, 0.1) is 0 Å². The van der Waals surface area contributed by atoms with Crippen LogP contribution in [0.4, 0.5) is 0 Å². The van der Waals surface area contributed by atoms with E-state index in [4.69, 9.17) is 0 Å². The number of nitrogens with zero attached hydrogens (tertiary/aromatic N) is 1. The Balaban J connectivity index is 3.59. The maximum atomic E-state index is 11.0. The highest BCUT2D eigenvalue weighted by Gasteiger charge is 2.29. The topological polar surface area (TPSA) is 60.4 Å². The first kappa shape index (κ1) is 36.4. The first-order chi connectivity index (χ1) is 17.7. The number of rotatable bonds is 29. The molecule has 0 amide bonds. The predicted molar refractivity (Wildman–Crippen MR) is 159 cm³/mol. The smallest absolute Gasteiger partial charge is 0.111 e. The van der Waals surface area contributed by atoms with Crippen molar-refractivity contribution in [2.75, 3.05) is 27.2 Å². The second-order valence-electron chi connectivity index (χ2n) is 13.0. The number of carboxylic acid groups (broad SMARTS) is 1. The van der Waals surface area contributed by atoms with E-state index in [1.807, 2.05) is 6.92 Å². The van der Waals surface area contributed by atoms with Gasteiger partial charge in [-0.25, -0.2) is 0 Å². The molecule has 1 N–H and O–H groups in total. The summed E-state index contributed by atoms with van der Waals surface area (Å²) < 4.78 is 0.907. The molecule has 0 heterocycles. The van der Waals surface area contributed by atoms with Crippen LogP contribution < -0.4 is 5.11 Å². The zero-order chi connectivity index (χ0) is 27.7. The largest absolute Gasteiger partial charge is 0.550 e. The van der Waals surface area contributed by atoms with Crippen LogP contribution in [0.1, 0.15) is 174 Å². The van der Waals surface area contributed by atoms with Crippen molar-refractivity contribution in [1.82, 2.24) is 0 Å². The number of hydrogen-bond acceptors (Lipinski definition) is 3. The molecular formula is C33H67NO3. The SMILES string of the molecule is CCCCCCCCCCCCCCCCC(C)(O)C[N+](C)(C)CCCCCCCCCCCC(=O)[O-]. The summed E-state index contributed by atoms with van der Waals surface area (Å²) in [5.41, 5.74) is -0.558. The van der Waals surface area contributed by atoms with Crippen molar-refractivity contribution < 1.29 is 19.5 Å². The van der Waals surface area contributed by atoms with E-state index < -0.39 is 11.6 Å². The second kappa shape index (κ2) is 24.4. The molecular weight excluding hydrogens is 458 g/mol. The van der Waals surface area contributed by atoms with E-state index >= 15 is 0 Å². The summed E-state index contributed by atoms with van der Waals surface area (Å²) in [4.78, 5) is 10.4. The molecule has 37 heavy (non-hydrogen) atoms. The molecule has 0 radical (unpaired) electrons.